The number of hydrogen-bond donors (Lipinski definition) is 1. The second kappa shape index (κ2) is 7.23. The summed E-state index contributed by atoms with van der Waals surface area (Å²) in [5.74, 6) is 0. The summed E-state index contributed by atoms with van der Waals surface area (Å²) in [5.41, 5.74) is -0.206. The first-order valence-electron chi connectivity index (χ1n) is 8.72. The van der Waals surface area contributed by atoms with E-state index in [2.05, 4.69) is 30.7 Å². The lowest BCUT2D eigenvalue weighted by Crippen LogP contribution is -2.52. The van der Waals surface area contributed by atoms with E-state index in [1.165, 1.54) is 15.6 Å². The Bertz CT molecular complexity index is 699. The highest BCUT2D eigenvalue weighted by Gasteiger charge is 2.42. The van der Waals surface area contributed by atoms with Crippen molar-refractivity contribution in [2.45, 2.75) is 57.3 Å². The van der Waals surface area contributed by atoms with Crippen molar-refractivity contribution in [1.29, 1.82) is 0 Å². The van der Waals surface area contributed by atoms with Gasteiger partial charge in [0.2, 0.25) is 0 Å². The molecule has 1 N–H and O–H groups in total. The maximum atomic E-state index is 12.7. The molecule has 144 valence electrons. The van der Waals surface area contributed by atoms with E-state index < -0.39 is 15.6 Å². The first-order valence-corrected chi connectivity index (χ1v) is 11.0. The number of aryl methyl sites for hydroxylation is 2. The van der Waals surface area contributed by atoms with E-state index in [1.807, 2.05) is 6.92 Å². The van der Waals surface area contributed by atoms with Gasteiger partial charge in [-0.3, -0.25) is 0 Å². The molecule has 2 heterocycles. The van der Waals surface area contributed by atoms with Crippen molar-refractivity contribution in [3.8, 4) is 0 Å². The predicted octanol–water partition coefficient (Wildman–Crippen LogP) is 2.25. The molecule has 0 spiro atoms. The van der Waals surface area contributed by atoms with Crippen molar-refractivity contribution in [1.82, 2.24) is 14.2 Å². The summed E-state index contributed by atoms with van der Waals surface area (Å²) in [7, 11) is -1.86. The van der Waals surface area contributed by atoms with Crippen LogP contribution in [0.2, 0.25) is 0 Å². The Morgan fingerprint density at radius 1 is 1.28 bits per heavy atom. The molecule has 0 bridgehead atoms. The highest BCUT2D eigenvalue weighted by atomic mass is 32.2. The zero-order chi connectivity index (χ0) is 19.0. The van der Waals surface area contributed by atoms with Crippen LogP contribution in [0.15, 0.2) is 4.21 Å². The van der Waals surface area contributed by atoms with Gasteiger partial charge in [-0.2, -0.15) is 4.31 Å². The zero-order valence-corrected chi connectivity index (χ0v) is 17.8. The van der Waals surface area contributed by atoms with Crippen molar-refractivity contribution in [2.24, 2.45) is 5.41 Å². The van der Waals surface area contributed by atoms with Gasteiger partial charge in [-0.1, -0.05) is 20.8 Å². The molecule has 1 aliphatic heterocycles. The Morgan fingerprint density at radius 2 is 1.84 bits per heavy atom. The van der Waals surface area contributed by atoms with Gasteiger partial charge in [-0.25, -0.2) is 13.4 Å². The number of nitrogens with zero attached hydrogens (tertiary/aromatic N) is 3. The summed E-state index contributed by atoms with van der Waals surface area (Å²) < 4.78 is 27.2. The first kappa shape index (κ1) is 20.8. The molecule has 0 atom stereocenters. The van der Waals surface area contributed by atoms with Crippen LogP contribution in [0, 0.1) is 19.3 Å². The second-order valence-corrected chi connectivity index (χ2v) is 11.5. The Labute approximate surface area is 155 Å². The van der Waals surface area contributed by atoms with Gasteiger partial charge >= 0.3 is 0 Å². The van der Waals surface area contributed by atoms with Gasteiger partial charge < -0.3 is 10.0 Å². The highest BCUT2D eigenvalue weighted by molar-refractivity contribution is 7.91. The zero-order valence-electron chi connectivity index (χ0n) is 16.2. The van der Waals surface area contributed by atoms with Crippen LogP contribution in [0.5, 0.6) is 0 Å². The van der Waals surface area contributed by atoms with Gasteiger partial charge in [-0.15, -0.1) is 11.3 Å². The van der Waals surface area contributed by atoms with Crippen LogP contribution in [0.25, 0.3) is 0 Å². The Hall–Kier alpha value is -0.540. The molecule has 1 saturated heterocycles. The molecule has 1 fully saturated rings. The van der Waals surface area contributed by atoms with Crippen molar-refractivity contribution in [2.75, 3.05) is 33.2 Å². The molecule has 0 radical (unpaired) electrons. The van der Waals surface area contributed by atoms with Crippen molar-refractivity contribution in [3.05, 3.63) is 10.7 Å². The number of thiazole rings is 1. The lowest BCUT2D eigenvalue weighted by atomic mass is 9.71. The predicted molar refractivity (Wildman–Crippen MR) is 101 cm³/mol. The minimum atomic E-state index is -3.48. The van der Waals surface area contributed by atoms with E-state index in [0.29, 0.717) is 23.0 Å². The van der Waals surface area contributed by atoms with Crippen LogP contribution in [0.3, 0.4) is 0 Å². The number of aliphatic hydroxyl groups is 1. The van der Waals surface area contributed by atoms with E-state index in [0.717, 1.165) is 30.9 Å². The molecule has 2 rings (SSSR count). The van der Waals surface area contributed by atoms with Gasteiger partial charge in [0, 0.05) is 33.2 Å². The SMILES string of the molecule is Cc1nc(C)c(S(=O)(=O)N(C)CCN2CCC(O)(C(C)(C)C)CC2)s1. The summed E-state index contributed by atoms with van der Waals surface area (Å²) in [6, 6.07) is 0. The van der Waals surface area contributed by atoms with E-state index in [9.17, 15) is 13.5 Å². The lowest BCUT2D eigenvalue weighted by molar-refractivity contribution is -0.0988. The topological polar surface area (TPSA) is 73.7 Å². The largest absolute Gasteiger partial charge is 0.389 e. The molecule has 1 aromatic rings. The Morgan fingerprint density at radius 3 is 2.28 bits per heavy atom. The third kappa shape index (κ3) is 4.42. The number of sulfonamides is 1. The minimum absolute atomic E-state index is 0.138. The standard InChI is InChI=1S/C17H31N3O3S2/c1-13-15(24-14(2)18-13)25(22,23)19(6)11-12-20-9-7-17(21,8-10-20)16(3,4)5/h21H,7-12H2,1-6H3. The van der Waals surface area contributed by atoms with Crippen LogP contribution in [0.1, 0.15) is 44.3 Å². The first-order chi connectivity index (χ1) is 11.4. The van der Waals surface area contributed by atoms with Crippen molar-refractivity contribution in [3.63, 3.8) is 0 Å². The fourth-order valence-electron chi connectivity index (χ4n) is 3.19. The van der Waals surface area contributed by atoms with Crippen LogP contribution in [-0.4, -0.2) is 66.5 Å². The second-order valence-electron chi connectivity index (χ2n) is 8.06. The van der Waals surface area contributed by atoms with E-state index in [-0.39, 0.29) is 5.41 Å². The number of likely N-dealkylation sites (N-methyl/N-ethyl adjacent to an activating group) is 1. The summed E-state index contributed by atoms with van der Waals surface area (Å²) in [6.07, 6.45) is 1.44. The van der Waals surface area contributed by atoms with E-state index >= 15 is 0 Å². The van der Waals surface area contributed by atoms with Crippen molar-refractivity contribution < 1.29 is 13.5 Å². The minimum Gasteiger partial charge on any atom is -0.389 e. The maximum Gasteiger partial charge on any atom is 0.254 e. The van der Waals surface area contributed by atoms with Gasteiger partial charge in [0.15, 0.2) is 4.21 Å². The monoisotopic (exact) mass is 389 g/mol. The number of hydrogen-bond acceptors (Lipinski definition) is 6. The summed E-state index contributed by atoms with van der Waals surface area (Å²) in [6.45, 7) is 12.5. The summed E-state index contributed by atoms with van der Waals surface area (Å²) >= 11 is 1.23. The Balaban J connectivity index is 1.93. The van der Waals surface area contributed by atoms with Crippen LogP contribution < -0.4 is 0 Å². The van der Waals surface area contributed by atoms with Crippen molar-refractivity contribution >= 4 is 21.4 Å². The molecule has 0 unspecified atom stereocenters. The van der Waals surface area contributed by atoms with Gasteiger partial charge in [0.1, 0.15) is 0 Å². The molecule has 6 nitrogen and oxygen atoms in total. The normalized spacial score (nSPS) is 19.5. The number of piperidine rings is 1. The molecular formula is C17H31N3O3S2. The maximum absolute atomic E-state index is 12.7. The highest BCUT2D eigenvalue weighted by Crippen LogP contribution is 2.38. The smallest absolute Gasteiger partial charge is 0.254 e. The van der Waals surface area contributed by atoms with Crippen LogP contribution in [0.4, 0.5) is 0 Å². The van der Waals surface area contributed by atoms with E-state index in [4.69, 9.17) is 0 Å². The van der Waals surface area contributed by atoms with Gasteiger partial charge in [0.05, 0.1) is 16.3 Å². The molecule has 1 aromatic heterocycles. The number of likely N-dealkylation sites (tertiary alicyclic amines) is 1. The van der Waals surface area contributed by atoms with Gasteiger partial charge in [-0.05, 0) is 32.1 Å². The molecule has 0 saturated carbocycles. The lowest BCUT2D eigenvalue weighted by Gasteiger charge is -2.46. The van der Waals surface area contributed by atoms with Crippen LogP contribution >= 0.6 is 11.3 Å². The third-order valence-corrected chi connectivity index (χ3v) is 8.83. The fourth-order valence-corrected chi connectivity index (χ4v) is 6.03. The third-order valence-electron chi connectivity index (χ3n) is 5.32. The quantitative estimate of drug-likeness (QED) is 0.836. The molecule has 0 aromatic carbocycles. The van der Waals surface area contributed by atoms with E-state index in [1.54, 1.807) is 14.0 Å². The molecule has 0 aliphatic carbocycles. The molecule has 25 heavy (non-hydrogen) atoms. The molecule has 0 amide bonds. The summed E-state index contributed by atoms with van der Waals surface area (Å²) in [5, 5.41) is 11.5. The molecule has 8 heteroatoms. The number of aromatic nitrogens is 1. The fraction of sp³-hybridized carbons (Fsp3) is 0.824. The summed E-state index contributed by atoms with van der Waals surface area (Å²) in [4.78, 5) is 6.46. The average molecular weight is 390 g/mol. The van der Waals surface area contributed by atoms with Gasteiger partial charge in [0.25, 0.3) is 10.0 Å². The molecular weight excluding hydrogens is 358 g/mol. The number of rotatable bonds is 5. The molecule has 1 aliphatic rings. The average Bonchev–Trinajstić information content (AvgIpc) is 2.84. The Kier molecular flexibility index (Phi) is 6.01. The van der Waals surface area contributed by atoms with Crippen LogP contribution in [-0.2, 0) is 10.0 Å².